The van der Waals surface area contributed by atoms with Crippen molar-refractivity contribution in [2.45, 2.75) is 33.7 Å². The fraction of sp³-hybridized carbons (Fsp3) is 0.400. The molecule has 8 heteroatoms. The number of amides is 1. The summed E-state index contributed by atoms with van der Waals surface area (Å²) < 4.78 is 12.8. The van der Waals surface area contributed by atoms with Gasteiger partial charge in [0.25, 0.3) is 11.7 Å². The number of carbonyl (C=O) groups excluding carboxylic acids is 1. The molecule has 28 heavy (non-hydrogen) atoms. The molecular weight excluding hydrogens is 358 g/mol. The van der Waals surface area contributed by atoms with Gasteiger partial charge < -0.3 is 14.8 Å². The van der Waals surface area contributed by atoms with E-state index in [1.807, 2.05) is 52.0 Å². The van der Waals surface area contributed by atoms with Gasteiger partial charge in [0.05, 0.1) is 6.04 Å². The van der Waals surface area contributed by atoms with Gasteiger partial charge in [0.15, 0.2) is 11.5 Å². The van der Waals surface area contributed by atoms with Crippen LogP contribution in [0.4, 0.5) is 0 Å². The monoisotopic (exact) mass is 381 g/mol. The molecule has 1 aromatic carbocycles. The second-order valence-electron chi connectivity index (χ2n) is 7.28. The number of nitrogens with zero attached hydrogens (tertiary/aromatic N) is 4. The first-order valence-corrected chi connectivity index (χ1v) is 9.34. The summed E-state index contributed by atoms with van der Waals surface area (Å²) in [5.41, 5.74) is 2.66. The van der Waals surface area contributed by atoms with Gasteiger partial charge >= 0.3 is 0 Å². The average Bonchev–Trinajstić information content (AvgIpc) is 3.10. The van der Waals surface area contributed by atoms with Crippen LogP contribution in [0, 0.1) is 19.8 Å². The average molecular weight is 381 g/mol. The molecule has 3 heterocycles. The van der Waals surface area contributed by atoms with Gasteiger partial charge in [0.2, 0.25) is 5.82 Å². The molecule has 8 nitrogen and oxygen atoms in total. The fourth-order valence-corrected chi connectivity index (χ4v) is 3.36. The molecule has 0 bridgehead atoms. The van der Waals surface area contributed by atoms with Gasteiger partial charge in [-0.1, -0.05) is 19.9 Å². The Kier molecular flexibility index (Phi) is 4.62. The van der Waals surface area contributed by atoms with Crippen molar-refractivity contribution < 1.29 is 14.3 Å². The van der Waals surface area contributed by atoms with Gasteiger partial charge in [0, 0.05) is 11.4 Å². The summed E-state index contributed by atoms with van der Waals surface area (Å²) in [6.45, 7) is 8.96. The third-order valence-corrected chi connectivity index (χ3v) is 4.70. The quantitative estimate of drug-likeness (QED) is 0.747. The molecule has 1 aliphatic rings. The van der Waals surface area contributed by atoms with Crippen molar-refractivity contribution >= 4 is 11.7 Å². The van der Waals surface area contributed by atoms with Crippen LogP contribution in [0.25, 0.3) is 5.78 Å². The van der Waals surface area contributed by atoms with E-state index in [1.54, 1.807) is 4.52 Å². The molecule has 1 N–H and O–H groups in total. The minimum Gasteiger partial charge on any atom is -0.486 e. The lowest BCUT2D eigenvalue weighted by atomic mass is 9.95. The molecule has 0 spiro atoms. The van der Waals surface area contributed by atoms with Crippen LogP contribution < -0.4 is 14.8 Å². The maximum Gasteiger partial charge on any atom is 0.291 e. The van der Waals surface area contributed by atoms with Crippen molar-refractivity contribution in [1.82, 2.24) is 24.9 Å². The van der Waals surface area contributed by atoms with Crippen LogP contribution in [0.2, 0.25) is 0 Å². The Labute approximate surface area is 162 Å². The number of aryl methyl sites for hydroxylation is 2. The molecule has 3 aromatic rings. The third-order valence-electron chi connectivity index (χ3n) is 4.70. The van der Waals surface area contributed by atoms with Crippen molar-refractivity contribution in [3.63, 3.8) is 0 Å². The zero-order valence-corrected chi connectivity index (χ0v) is 16.4. The summed E-state index contributed by atoms with van der Waals surface area (Å²) >= 11 is 0. The number of carbonyl (C=O) groups is 1. The molecule has 1 amide bonds. The van der Waals surface area contributed by atoms with Crippen LogP contribution >= 0.6 is 0 Å². The van der Waals surface area contributed by atoms with Crippen molar-refractivity contribution in [2.24, 2.45) is 5.92 Å². The predicted molar refractivity (Wildman–Crippen MR) is 103 cm³/mol. The van der Waals surface area contributed by atoms with E-state index in [4.69, 9.17) is 9.47 Å². The summed E-state index contributed by atoms with van der Waals surface area (Å²) in [4.78, 5) is 21.5. The van der Waals surface area contributed by atoms with Crippen LogP contribution in [0.15, 0.2) is 24.3 Å². The van der Waals surface area contributed by atoms with Gasteiger partial charge in [0.1, 0.15) is 13.2 Å². The Hall–Kier alpha value is -3.16. The number of rotatable bonds is 4. The third kappa shape index (κ3) is 3.37. The van der Waals surface area contributed by atoms with Gasteiger partial charge in [-0.3, -0.25) is 4.79 Å². The highest BCUT2D eigenvalue weighted by Gasteiger charge is 2.24. The van der Waals surface area contributed by atoms with Gasteiger partial charge in [-0.25, -0.2) is 9.50 Å². The first-order valence-electron chi connectivity index (χ1n) is 9.34. The highest BCUT2D eigenvalue weighted by molar-refractivity contribution is 5.91. The smallest absolute Gasteiger partial charge is 0.291 e. The van der Waals surface area contributed by atoms with Crippen LogP contribution in [0.3, 0.4) is 0 Å². The van der Waals surface area contributed by atoms with Crippen molar-refractivity contribution in [1.29, 1.82) is 0 Å². The van der Waals surface area contributed by atoms with E-state index in [0.717, 1.165) is 22.7 Å². The van der Waals surface area contributed by atoms with Gasteiger partial charge in [-0.05, 0) is 43.5 Å². The van der Waals surface area contributed by atoms with E-state index >= 15 is 0 Å². The highest BCUT2D eigenvalue weighted by Crippen LogP contribution is 2.34. The molecule has 146 valence electrons. The lowest BCUT2D eigenvalue weighted by Crippen LogP contribution is -2.32. The fourth-order valence-electron chi connectivity index (χ4n) is 3.36. The molecule has 0 radical (unpaired) electrons. The maximum atomic E-state index is 12.9. The summed E-state index contributed by atoms with van der Waals surface area (Å²) in [7, 11) is 0. The Morgan fingerprint density at radius 3 is 2.61 bits per heavy atom. The number of ether oxygens (including phenoxy) is 2. The first kappa shape index (κ1) is 18.2. The molecule has 4 rings (SSSR count). The molecule has 1 aliphatic heterocycles. The minimum absolute atomic E-state index is 0.101. The summed E-state index contributed by atoms with van der Waals surface area (Å²) in [6, 6.07) is 7.43. The summed E-state index contributed by atoms with van der Waals surface area (Å²) in [5.74, 6) is 1.77. The minimum atomic E-state index is -0.337. The van der Waals surface area contributed by atoms with E-state index in [1.165, 1.54) is 0 Å². The lowest BCUT2D eigenvalue weighted by molar-refractivity contribution is 0.0915. The molecular formula is C20H23N5O3. The van der Waals surface area contributed by atoms with Crippen molar-refractivity contribution in [3.05, 3.63) is 47.0 Å². The zero-order chi connectivity index (χ0) is 19.8. The zero-order valence-electron chi connectivity index (χ0n) is 16.4. The molecule has 0 saturated carbocycles. The normalized spacial score (nSPS) is 14.3. The van der Waals surface area contributed by atoms with Crippen LogP contribution in [-0.2, 0) is 0 Å². The Morgan fingerprint density at radius 2 is 1.86 bits per heavy atom. The number of hydrogen-bond donors (Lipinski definition) is 1. The van der Waals surface area contributed by atoms with E-state index < -0.39 is 0 Å². The molecule has 0 saturated heterocycles. The predicted octanol–water partition coefficient (Wildman–Crippen LogP) is 2.64. The second-order valence-corrected chi connectivity index (χ2v) is 7.28. The van der Waals surface area contributed by atoms with Crippen LogP contribution in [0.1, 0.15) is 47.5 Å². The molecule has 1 atom stereocenters. The second kappa shape index (κ2) is 7.10. The van der Waals surface area contributed by atoms with Crippen LogP contribution in [0.5, 0.6) is 11.5 Å². The van der Waals surface area contributed by atoms with Crippen molar-refractivity contribution in [3.8, 4) is 11.5 Å². The van der Waals surface area contributed by atoms with Gasteiger partial charge in [-0.2, -0.15) is 4.98 Å². The highest BCUT2D eigenvalue weighted by atomic mass is 16.6. The Balaban J connectivity index is 1.61. The molecule has 0 fully saturated rings. The summed E-state index contributed by atoms with van der Waals surface area (Å²) in [5, 5.41) is 7.37. The first-order chi connectivity index (χ1) is 13.4. The number of hydrogen-bond acceptors (Lipinski definition) is 6. The van der Waals surface area contributed by atoms with E-state index in [0.29, 0.717) is 24.7 Å². The Bertz CT molecular complexity index is 1040. The van der Waals surface area contributed by atoms with E-state index in [2.05, 4.69) is 20.4 Å². The number of aromatic nitrogens is 4. The maximum absolute atomic E-state index is 12.9. The number of fused-ring (bicyclic) bond motifs is 2. The van der Waals surface area contributed by atoms with E-state index in [9.17, 15) is 4.79 Å². The lowest BCUT2D eigenvalue weighted by Gasteiger charge is -2.25. The van der Waals surface area contributed by atoms with E-state index in [-0.39, 0.29) is 23.7 Å². The van der Waals surface area contributed by atoms with Crippen LogP contribution in [-0.4, -0.2) is 38.7 Å². The Morgan fingerprint density at radius 1 is 1.11 bits per heavy atom. The number of nitrogens with one attached hydrogen (secondary N) is 1. The summed E-state index contributed by atoms with van der Waals surface area (Å²) in [6.07, 6.45) is 0. The molecule has 0 aliphatic carbocycles. The molecule has 2 aromatic heterocycles. The number of benzene rings is 1. The molecule has 1 unspecified atom stereocenters. The largest absolute Gasteiger partial charge is 0.486 e. The van der Waals surface area contributed by atoms with Crippen molar-refractivity contribution in [2.75, 3.05) is 13.2 Å². The van der Waals surface area contributed by atoms with Gasteiger partial charge in [-0.15, -0.1) is 5.10 Å². The standard InChI is InChI=1S/C20H23N5O3/c1-11(2)17(14-5-6-15-16(10-14)28-8-7-27-15)22-19(26)18-23-20-21-12(3)9-13(4)25(20)24-18/h5-6,9-11,17H,7-8H2,1-4H3,(H,22,26). The SMILES string of the molecule is Cc1cc(C)n2nc(C(=O)NC(c3ccc4c(c3)OCCO4)C(C)C)nc2n1. The topological polar surface area (TPSA) is 90.6 Å².